The summed E-state index contributed by atoms with van der Waals surface area (Å²) in [5.41, 5.74) is 6.50. The standard InChI is InChI=1S/C13H14N4O4/c1-7-3-2-4-17-6-9(15-11(7)17)12(19)16-8(13(20)21)5-10(14)18/h2-4,6,8H,5H2,1H3,(H2,14,18)(H,16,19)(H,20,21). The number of nitrogens with one attached hydrogen (secondary N) is 1. The molecule has 1 unspecified atom stereocenters. The highest BCUT2D eigenvalue weighted by atomic mass is 16.4. The minimum absolute atomic E-state index is 0.0695. The van der Waals surface area contributed by atoms with Crippen LogP contribution in [0.2, 0.25) is 0 Å². The zero-order valence-corrected chi connectivity index (χ0v) is 11.2. The van der Waals surface area contributed by atoms with Crippen LogP contribution in [0.4, 0.5) is 0 Å². The minimum Gasteiger partial charge on any atom is -0.480 e. The average Bonchev–Trinajstić information content (AvgIpc) is 2.82. The van der Waals surface area contributed by atoms with Crippen molar-refractivity contribution >= 4 is 23.4 Å². The molecular weight excluding hydrogens is 276 g/mol. The number of nitrogens with two attached hydrogens (primary N) is 1. The van der Waals surface area contributed by atoms with Crippen molar-refractivity contribution in [2.24, 2.45) is 5.73 Å². The Morgan fingerprint density at radius 3 is 2.76 bits per heavy atom. The number of fused-ring (bicyclic) bond motifs is 1. The molecule has 8 heteroatoms. The van der Waals surface area contributed by atoms with Crippen molar-refractivity contribution in [3.63, 3.8) is 0 Å². The van der Waals surface area contributed by atoms with Gasteiger partial charge in [0.1, 0.15) is 17.4 Å². The predicted molar refractivity (Wildman–Crippen MR) is 72.6 cm³/mol. The van der Waals surface area contributed by atoms with Gasteiger partial charge in [-0.3, -0.25) is 9.59 Å². The van der Waals surface area contributed by atoms with Crippen LogP contribution in [0.3, 0.4) is 0 Å². The fraction of sp³-hybridized carbons (Fsp3) is 0.231. The summed E-state index contributed by atoms with van der Waals surface area (Å²) in [6.07, 6.45) is 2.73. The van der Waals surface area contributed by atoms with Gasteiger partial charge in [0, 0.05) is 12.4 Å². The minimum atomic E-state index is -1.37. The molecule has 2 aromatic rings. The number of aromatic nitrogens is 2. The Morgan fingerprint density at radius 1 is 1.48 bits per heavy atom. The Balaban J connectivity index is 2.23. The number of aryl methyl sites for hydroxylation is 1. The molecule has 8 nitrogen and oxygen atoms in total. The first-order valence-electron chi connectivity index (χ1n) is 6.15. The van der Waals surface area contributed by atoms with E-state index in [9.17, 15) is 14.4 Å². The van der Waals surface area contributed by atoms with E-state index in [0.717, 1.165) is 5.56 Å². The van der Waals surface area contributed by atoms with Crippen molar-refractivity contribution in [2.75, 3.05) is 0 Å². The molecule has 0 saturated carbocycles. The maximum absolute atomic E-state index is 12.0. The van der Waals surface area contributed by atoms with Crippen LogP contribution >= 0.6 is 0 Å². The predicted octanol–water partition coefficient (Wildman–Crippen LogP) is -0.299. The van der Waals surface area contributed by atoms with E-state index in [1.165, 1.54) is 6.20 Å². The number of hydrogen-bond donors (Lipinski definition) is 3. The van der Waals surface area contributed by atoms with E-state index in [1.807, 2.05) is 13.0 Å². The van der Waals surface area contributed by atoms with E-state index in [0.29, 0.717) is 5.65 Å². The van der Waals surface area contributed by atoms with Crippen LogP contribution in [0.15, 0.2) is 24.5 Å². The van der Waals surface area contributed by atoms with Gasteiger partial charge in [0.2, 0.25) is 5.91 Å². The molecule has 0 fully saturated rings. The van der Waals surface area contributed by atoms with Crippen LogP contribution in [0.1, 0.15) is 22.5 Å². The quantitative estimate of drug-likeness (QED) is 0.696. The first kappa shape index (κ1) is 14.5. The number of carbonyl (C=O) groups is 3. The number of imidazole rings is 1. The van der Waals surface area contributed by atoms with Crippen molar-refractivity contribution in [3.8, 4) is 0 Å². The number of amides is 2. The smallest absolute Gasteiger partial charge is 0.326 e. The Kier molecular flexibility index (Phi) is 3.88. The van der Waals surface area contributed by atoms with Gasteiger partial charge in [-0.1, -0.05) is 6.07 Å². The summed E-state index contributed by atoms with van der Waals surface area (Å²) in [6.45, 7) is 1.84. The number of carboxylic acids is 1. The van der Waals surface area contributed by atoms with Gasteiger partial charge in [-0.25, -0.2) is 9.78 Å². The van der Waals surface area contributed by atoms with Crippen molar-refractivity contribution in [2.45, 2.75) is 19.4 Å². The van der Waals surface area contributed by atoms with E-state index < -0.39 is 30.2 Å². The lowest BCUT2D eigenvalue weighted by atomic mass is 10.2. The molecule has 21 heavy (non-hydrogen) atoms. The third-order valence-electron chi connectivity index (χ3n) is 2.92. The van der Waals surface area contributed by atoms with Crippen LogP contribution in [-0.2, 0) is 9.59 Å². The lowest BCUT2D eigenvalue weighted by Gasteiger charge is -2.11. The molecular formula is C13H14N4O4. The number of rotatable bonds is 5. The average molecular weight is 290 g/mol. The number of pyridine rings is 1. The second-order valence-corrected chi connectivity index (χ2v) is 4.58. The maximum atomic E-state index is 12.0. The van der Waals surface area contributed by atoms with Crippen LogP contribution < -0.4 is 11.1 Å². The summed E-state index contributed by atoms with van der Waals surface area (Å²) in [6, 6.07) is 2.27. The number of nitrogens with zero attached hydrogens (tertiary/aromatic N) is 2. The molecule has 0 radical (unpaired) electrons. The van der Waals surface area contributed by atoms with Crippen LogP contribution in [0.25, 0.3) is 5.65 Å². The van der Waals surface area contributed by atoms with E-state index in [1.54, 1.807) is 16.7 Å². The van der Waals surface area contributed by atoms with Gasteiger partial charge >= 0.3 is 5.97 Å². The molecule has 0 aliphatic heterocycles. The van der Waals surface area contributed by atoms with Gasteiger partial charge in [-0.15, -0.1) is 0 Å². The first-order chi connectivity index (χ1) is 9.88. The molecule has 4 N–H and O–H groups in total. The number of carbonyl (C=O) groups excluding carboxylic acids is 2. The summed E-state index contributed by atoms with van der Waals surface area (Å²) in [4.78, 5) is 38.0. The Morgan fingerprint density at radius 2 is 2.19 bits per heavy atom. The van der Waals surface area contributed by atoms with Gasteiger partial charge in [0.25, 0.3) is 5.91 Å². The molecule has 0 aliphatic rings. The first-order valence-corrected chi connectivity index (χ1v) is 6.15. The molecule has 0 aliphatic carbocycles. The van der Waals surface area contributed by atoms with Crippen LogP contribution in [-0.4, -0.2) is 38.3 Å². The molecule has 2 heterocycles. The topological polar surface area (TPSA) is 127 Å². The van der Waals surface area contributed by atoms with Gasteiger partial charge in [-0.2, -0.15) is 0 Å². The highest BCUT2D eigenvalue weighted by Crippen LogP contribution is 2.10. The van der Waals surface area contributed by atoms with E-state index in [2.05, 4.69) is 10.3 Å². The lowest BCUT2D eigenvalue weighted by Crippen LogP contribution is -2.43. The molecule has 2 amide bonds. The SMILES string of the molecule is Cc1cccn2cc(C(=O)NC(CC(N)=O)C(=O)O)nc12. The summed E-state index contributed by atoms with van der Waals surface area (Å²) >= 11 is 0. The molecule has 110 valence electrons. The Hall–Kier alpha value is -2.90. The molecule has 2 rings (SSSR count). The summed E-state index contributed by atoms with van der Waals surface area (Å²) in [5, 5.41) is 11.2. The number of aliphatic carboxylic acids is 1. The van der Waals surface area contributed by atoms with E-state index in [-0.39, 0.29) is 5.69 Å². The second kappa shape index (κ2) is 5.61. The highest BCUT2D eigenvalue weighted by Gasteiger charge is 2.24. The molecule has 2 aromatic heterocycles. The molecule has 0 saturated heterocycles. The number of primary amides is 1. The van der Waals surface area contributed by atoms with Gasteiger partial charge in [0.15, 0.2) is 0 Å². The van der Waals surface area contributed by atoms with E-state index >= 15 is 0 Å². The maximum Gasteiger partial charge on any atom is 0.326 e. The highest BCUT2D eigenvalue weighted by molar-refractivity contribution is 5.96. The van der Waals surface area contributed by atoms with Crippen LogP contribution in [0, 0.1) is 6.92 Å². The van der Waals surface area contributed by atoms with Crippen molar-refractivity contribution in [1.82, 2.24) is 14.7 Å². The van der Waals surface area contributed by atoms with Gasteiger partial charge in [-0.05, 0) is 18.6 Å². The fourth-order valence-electron chi connectivity index (χ4n) is 1.90. The second-order valence-electron chi connectivity index (χ2n) is 4.58. The summed E-state index contributed by atoms with van der Waals surface area (Å²) < 4.78 is 1.66. The van der Waals surface area contributed by atoms with Gasteiger partial charge < -0.3 is 20.6 Å². The normalized spacial score (nSPS) is 12.0. The third kappa shape index (κ3) is 3.16. The zero-order valence-electron chi connectivity index (χ0n) is 11.2. The largest absolute Gasteiger partial charge is 0.480 e. The molecule has 1 atom stereocenters. The van der Waals surface area contributed by atoms with Crippen LogP contribution in [0.5, 0.6) is 0 Å². The third-order valence-corrected chi connectivity index (χ3v) is 2.92. The van der Waals surface area contributed by atoms with Crippen molar-refractivity contribution in [3.05, 3.63) is 35.8 Å². The van der Waals surface area contributed by atoms with Crippen molar-refractivity contribution < 1.29 is 19.5 Å². The molecule has 0 bridgehead atoms. The lowest BCUT2D eigenvalue weighted by molar-refractivity contribution is -0.140. The number of carboxylic acid groups (broad SMARTS) is 1. The zero-order chi connectivity index (χ0) is 15.6. The monoisotopic (exact) mass is 290 g/mol. The summed E-state index contributed by atoms with van der Waals surface area (Å²) in [7, 11) is 0. The van der Waals surface area contributed by atoms with Crippen molar-refractivity contribution in [1.29, 1.82) is 0 Å². The van der Waals surface area contributed by atoms with E-state index in [4.69, 9.17) is 10.8 Å². The Labute approximate surface area is 119 Å². The molecule has 0 aromatic carbocycles. The number of hydrogen-bond acceptors (Lipinski definition) is 4. The fourth-order valence-corrected chi connectivity index (χ4v) is 1.90. The Bertz CT molecular complexity index is 722. The van der Waals surface area contributed by atoms with Gasteiger partial charge in [0.05, 0.1) is 6.42 Å². The summed E-state index contributed by atoms with van der Waals surface area (Å²) in [5.74, 6) is -2.82. The molecule has 0 spiro atoms.